The fourth-order valence-corrected chi connectivity index (χ4v) is 12.0. The van der Waals surface area contributed by atoms with E-state index in [-0.39, 0.29) is 31.6 Å². The van der Waals surface area contributed by atoms with Gasteiger partial charge in [0.15, 0.2) is 28.5 Å². The van der Waals surface area contributed by atoms with Crippen molar-refractivity contribution in [1.82, 2.24) is 20.1 Å². The molecule has 0 aliphatic carbocycles. The number of fused-ring (bicyclic) bond motifs is 6. The molecule has 298 valence electrons. The third kappa shape index (κ3) is 5.46. The number of aromatic hydroxyl groups is 1. The summed E-state index contributed by atoms with van der Waals surface area (Å²) in [6.45, 7) is 9.14. The van der Waals surface area contributed by atoms with Crippen LogP contribution in [0.1, 0.15) is 70.6 Å². The molecule has 0 amide bonds. The number of aromatic amines is 1. The van der Waals surface area contributed by atoms with Crippen LogP contribution in [0.4, 0.5) is 0 Å². The quantitative estimate of drug-likeness (QED) is 0.179. The number of carbonyl (C=O) groups excluding carboxylic acids is 2. The van der Waals surface area contributed by atoms with E-state index in [1.54, 1.807) is 18.9 Å². The summed E-state index contributed by atoms with van der Waals surface area (Å²) in [6.07, 6.45) is 1.02. The molecule has 6 aliphatic rings. The van der Waals surface area contributed by atoms with E-state index in [2.05, 4.69) is 39.2 Å². The van der Waals surface area contributed by atoms with E-state index in [9.17, 15) is 15.2 Å². The lowest BCUT2D eigenvalue weighted by molar-refractivity contribution is -0.157. The van der Waals surface area contributed by atoms with Gasteiger partial charge in [-0.2, -0.15) is 17.0 Å². The van der Waals surface area contributed by atoms with Crippen molar-refractivity contribution in [3.05, 3.63) is 75.0 Å². The van der Waals surface area contributed by atoms with Gasteiger partial charge in [-0.05, 0) is 63.9 Å². The highest BCUT2D eigenvalue weighted by Gasteiger charge is 2.59. The van der Waals surface area contributed by atoms with E-state index < -0.39 is 41.1 Å². The van der Waals surface area contributed by atoms with Gasteiger partial charge in [-0.1, -0.05) is 24.3 Å². The maximum atomic E-state index is 15.1. The monoisotopic (exact) mass is 793 g/mol. The van der Waals surface area contributed by atoms with E-state index in [0.29, 0.717) is 57.7 Å². The topological polar surface area (TPSA) is 159 Å². The van der Waals surface area contributed by atoms with Crippen molar-refractivity contribution in [1.29, 1.82) is 5.26 Å². The number of phenolic OH excluding ortho intramolecular Hbond substituents is 1. The zero-order valence-electron chi connectivity index (χ0n) is 33.2. The van der Waals surface area contributed by atoms with Crippen LogP contribution in [0.15, 0.2) is 30.3 Å². The van der Waals surface area contributed by atoms with Crippen molar-refractivity contribution in [2.75, 3.05) is 45.6 Å². The number of aromatic nitrogens is 1. The van der Waals surface area contributed by atoms with Crippen molar-refractivity contribution in [2.45, 2.75) is 82.7 Å². The summed E-state index contributed by atoms with van der Waals surface area (Å²) in [5, 5.41) is 28.4. The third-order valence-electron chi connectivity index (χ3n) is 12.7. The lowest BCUT2D eigenvalue weighted by Gasteiger charge is -2.56. The Balaban J connectivity index is 1.29. The fraction of sp³-hybridized carbons (Fsp3) is 0.465. The predicted molar refractivity (Wildman–Crippen MR) is 213 cm³/mol. The van der Waals surface area contributed by atoms with Crippen molar-refractivity contribution >= 4 is 34.6 Å². The van der Waals surface area contributed by atoms with Crippen LogP contribution in [0.25, 0.3) is 10.9 Å². The molecular weight excluding hydrogens is 747 g/mol. The highest BCUT2D eigenvalue weighted by molar-refractivity contribution is 7.99. The summed E-state index contributed by atoms with van der Waals surface area (Å²) in [4.78, 5) is 35.7. The lowest BCUT2D eigenvalue weighted by atomic mass is 9.83. The van der Waals surface area contributed by atoms with Crippen LogP contribution in [0.3, 0.4) is 0 Å². The zero-order chi connectivity index (χ0) is 40.1. The number of nitrogens with one attached hydrogen (secondary N) is 2. The molecule has 57 heavy (non-hydrogen) atoms. The van der Waals surface area contributed by atoms with Crippen LogP contribution in [-0.4, -0.2) is 95.1 Å². The van der Waals surface area contributed by atoms with Gasteiger partial charge in [0.25, 0.3) is 0 Å². The molecule has 6 aliphatic heterocycles. The molecule has 14 heteroatoms. The number of piperazine rings is 1. The fourth-order valence-electron chi connectivity index (χ4n) is 10.7. The normalized spacial score (nSPS) is 28.2. The maximum Gasteiger partial charge on any atom is 0.333 e. The SMILES string of the molecule is COc1c(C)cc2c(c1O)C1[C@@H]3CSC[C@]4(N[C@H](C)Cc5c4[nH]c4ccccc54)C(=O)OCC(c4c(C)c(OC(C)=O)c(C)c5c4OCO5)N3C(C#N)(C2)CN1C. The number of nitrogens with zero attached hydrogens (tertiary/aromatic N) is 3. The Morgan fingerprint density at radius 2 is 1.88 bits per heavy atom. The molecule has 2 bridgehead atoms. The number of carbonyl (C=O) groups is 2. The van der Waals surface area contributed by atoms with Gasteiger partial charge in [0.1, 0.15) is 17.9 Å². The number of phenols is 1. The number of hydrogen-bond acceptors (Lipinski definition) is 13. The van der Waals surface area contributed by atoms with Crippen molar-refractivity contribution in [2.24, 2.45) is 0 Å². The van der Waals surface area contributed by atoms with Crippen molar-refractivity contribution in [3.63, 3.8) is 0 Å². The Morgan fingerprint density at radius 3 is 2.63 bits per heavy atom. The standard InChI is InChI=1S/C43H47N5O8S/c1-21-12-26-14-42(17-44)18-47(6)34(33(26)35(50)36(21)52-7)31-16-57-19-43(40-28(13-22(2)46-43)27-10-8-9-11-29(27)45-40)41(51)53-15-30(48(31)42)32-23(3)37(56-25(5)49)24(4)38-39(32)55-20-54-38/h8-12,22,30-31,34,45-46,50H,13-16,18-20H2,1-7H3/t22-,30?,31+,34?,42?,43-/m1/s1. The number of para-hydroxylation sites is 1. The van der Waals surface area contributed by atoms with Gasteiger partial charge in [0, 0.05) is 76.6 Å². The van der Waals surface area contributed by atoms with E-state index in [1.165, 1.54) is 6.92 Å². The zero-order valence-corrected chi connectivity index (χ0v) is 34.0. The summed E-state index contributed by atoms with van der Waals surface area (Å²) in [6, 6.07) is 11.3. The van der Waals surface area contributed by atoms with Crippen molar-refractivity contribution < 1.29 is 38.4 Å². The summed E-state index contributed by atoms with van der Waals surface area (Å²) >= 11 is 1.62. The average Bonchev–Trinajstić information content (AvgIpc) is 3.76. The molecular formula is C43H47N5O8S. The van der Waals surface area contributed by atoms with Gasteiger partial charge in [0.2, 0.25) is 6.79 Å². The van der Waals surface area contributed by atoms with E-state index >= 15 is 4.79 Å². The second-order valence-electron chi connectivity index (χ2n) is 16.3. The molecule has 2 fully saturated rings. The van der Waals surface area contributed by atoms with Crippen LogP contribution in [0, 0.1) is 32.1 Å². The van der Waals surface area contributed by atoms with Gasteiger partial charge >= 0.3 is 11.9 Å². The van der Waals surface area contributed by atoms with E-state index in [0.717, 1.165) is 45.3 Å². The molecule has 1 spiro atoms. The van der Waals surface area contributed by atoms with Crippen LogP contribution >= 0.6 is 11.8 Å². The number of hydrogen-bond donors (Lipinski definition) is 3. The minimum atomic E-state index is -1.22. The minimum Gasteiger partial charge on any atom is -0.504 e. The second kappa shape index (κ2) is 13.6. The Hall–Kier alpha value is -4.94. The highest BCUT2D eigenvalue weighted by atomic mass is 32.2. The van der Waals surface area contributed by atoms with E-state index in [1.807, 2.05) is 52.1 Å². The number of cyclic esters (lactones) is 1. The molecule has 10 rings (SSSR count). The van der Waals surface area contributed by atoms with Crippen LogP contribution in [-0.2, 0) is 32.7 Å². The number of H-pyrrole nitrogens is 1. The molecule has 4 aromatic rings. The van der Waals surface area contributed by atoms with Crippen LogP contribution in [0.5, 0.6) is 28.7 Å². The molecule has 6 atom stereocenters. The lowest BCUT2D eigenvalue weighted by Crippen LogP contribution is -2.68. The average molecular weight is 794 g/mol. The van der Waals surface area contributed by atoms with Gasteiger partial charge < -0.3 is 33.8 Å². The number of likely N-dealkylation sites (N-methyl/N-ethyl adjacent to an activating group) is 1. The number of ether oxygens (including phenoxy) is 5. The molecule has 13 nitrogen and oxygen atoms in total. The van der Waals surface area contributed by atoms with Crippen LogP contribution in [0.2, 0.25) is 0 Å². The second-order valence-corrected chi connectivity index (χ2v) is 17.3. The van der Waals surface area contributed by atoms with Gasteiger partial charge in [-0.15, -0.1) is 0 Å². The molecule has 2 saturated heterocycles. The third-order valence-corrected chi connectivity index (χ3v) is 13.9. The highest BCUT2D eigenvalue weighted by Crippen LogP contribution is 2.57. The Morgan fingerprint density at radius 1 is 1.11 bits per heavy atom. The molecule has 0 radical (unpaired) electrons. The van der Waals surface area contributed by atoms with E-state index in [4.69, 9.17) is 23.7 Å². The smallest absolute Gasteiger partial charge is 0.333 e. The molecule has 3 unspecified atom stereocenters. The molecule has 7 heterocycles. The molecule has 1 aromatic heterocycles. The number of nitriles is 1. The molecule has 3 aromatic carbocycles. The van der Waals surface area contributed by atoms with Crippen LogP contribution < -0.4 is 24.3 Å². The summed E-state index contributed by atoms with van der Waals surface area (Å²) in [5.74, 6) is 1.60. The maximum absolute atomic E-state index is 15.1. The summed E-state index contributed by atoms with van der Waals surface area (Å²) < 4.78 is 30.6. The van der Waals surface area contributed by atoms with Gasteiger partial charge in [0.05, 0.1) is 31.0 Å². The number of aryl methyl sites for hydroxylation is 1. The number of benzene rings is 3. The first-order valence-electron chi connectivity index (χ1n) is 19.4. The van der Waals surface area contributed by atoms with Gasteiger partial charge in [-0.3, -0.25) is 19.9 Å². The summed E-state index contributed by atoms with van der Waals surface area (Å²) in [7, 11) is 3.55. The summed E-state index contributed by atoms with van der Waals surface area (Å²) in [5.41, 5.74) is 4.64. The molecule has 3 N–H and O–H groups in total. The minimum absolute atomic E-state index is 0.0408. The number of rotatable bonds is 3. The first kappa shape index (κ1) is 37.6. The first-order chi connectivity index (χ1) is 27.3. The molecule has 0 saturated carbocycles. The van der Waals surface area contributed by atoms with Gasteiger partial charge in [-0.25, -0.2) is 4.79 Å². The Bertz CT molecular complexity index is 2410. The number of methoxy groups -OCH3 is 1. The Kier molecular flexibility index (Phi) is 8.97. The first-order valence-corrected chi connectivity index (χ1v) is 20.5. The number of thioether (sulfide) groups is 1. The number of esters is 2. The largest absolute Gasteiger partial charge is 0.504 e. The predicted octanol–water partition coefficient (Wildman–Crippen LogP) is 5.40. The Labute approximate surface area is 335 Å². The van der Waals surface area contributed by atoms with Crippen molar-refractivity contribution in [3.8, 4) is 34.8 Å².